The van der Waals surface area contributed by atoms with Crippen molar-refractivity contribution in [3.63, 3.8) is 0 Å². The van der Waals surface area contributed by atoms with Gasteiger partial charge < -0.3 is 11.1 Å². The number of rotatable bonds is 5. The third-order valence-corrected chi connectivity index (χ3v) is 4.05. The molecule has 1 amide bonds. The van der Waals surface area contributed by atoms with Crippen LogP contribution in [0.25, 0.3) is 0 Å². The van der Waals surface area contributed by atoms with Gasteiger partial charge in [-0.2, -0.15) is 5.26 Å². The van der Waals surface area contributed by atoms with Crippen molar-refractivity contribution >= 4 is 21.6 Å². The Balaban J connectivity index is 2.23. The summed E-state index contributed by atoms with van der Waals surface area (Å²) in [5.74, 6) is -0.526. The molecule has 0 spiro atoms. The second kappa shape index (κ2) is 6.48. The van der Waals surface area contributed by atoms with Gasteiger partial charge in [-0.25, -0.2) is 13.6 Å². The van der Waals surface area contributed by atoms with Gasteiger partial charge in [0.25, 0.3) is 0 Å². The van der Waals surface area contributed by atoms with E-state index in [1.807, 2.05) is 6.07 Å². The Morgan fingerprint density at radius 1 is 1.22 bits per heavy atom. The minimum atomic E-state index is -3.86. The molecular weight excluding hydrogens is 316 g/mol. The maximum Gasteiger partial charge on any atom is 0.248 e. The number of benzene rings is 2. The summed E-state index contributed by atoms with van der Waals surface area (Å²) in [7, 11) is -3.86. The molecule has 8 heteroatoms. The number of hydrogen-bond acceptors (Lipinski definition) is 5. The van der Waals surface area contributed by atoms with E-state index in [1.54, 1.807) is 24.3 Å². The van der Waals surface area contributed by atoms with Gasteiger partial charge in [0, 0.05) is 12.1 Å². The Labute approximate surface area is 133 Å². The summed E-state index contributed by atoms with van der Waals surface area (Å²) in [5, 5.41) is 17.2. The van der Waals surface area contributed by atoms with Crippen LogP contribution in [0.4, 0.5) is 5.69 Å². The molecule has 2 aromatic rings. The molecule has 0 aliphatic rings. The number of sulfonamides is 1. The van der Waals surface area contributed by atoms with Crippen molar-refractivity contribution in [3.8, 4) is 6.07 Å². The average molecular weight is 330 g/mol. The molecule has 7 nitrogen and oxygen atoms in total. The van der Waals surface area contributed by atoms with E-state index >= 15 is 0 Å². The quantitative estimate of drug-likeness (QED) is 0.748. The zero-order valence-corrected chi connectivity index (χ0v) is 12.8. The number of nitrogens with two attached hydrogens (primary N) is 2. The first kappa shape index (κ1) is 16.5. The van der Waals surface area contributed by atoms with Crippen molar-refractivity contribution in [1.29, 1.82) is 5.26 Å². The van der Waals surface area contributed by atoms with Gasteiger partial charge in [-0.15, -0.1) is 0 Å². The van der Waals surface area contributed by atoms with Gasteiger partial charge >= 0.3 is 0 Å². The molecule has 23 heavy (non-hydrogen) atoms. The van der Waals surface area contributed by atoms with Gasteiger partial charge in [-0.05, 0) is 35.9 Å². The monoisotopic (exact) mass is 330 g/mol. The van der Waals surface area contributed by atoms with Crippen LogP contribution in [-0.2, 0) is 16.6 Å². The van der Waals surface area contributed by atoms with E-state index in [4.69, 9.17) is 16.1 Å². The summed E-state index contributed by atoms with van der Waals surface area (Å²) in [5.41, 5.74) is 7.02. The summed E-state index contributed by atoms with van der Waals surface area (Å²) in [6, 6.07) is 12.6. The lowest BCUT2D eigenvalue weighted by Gasteiger charge is -2.10. The summed E-state index contributed by atoms with van der Waals surface area (Å²) in [4.78, 5) is 11.0. The molecule has 0 saturated carbocycles. The molecular formula is C15H14N4O3S. The fourth-order valence-electron chi connectivity index (χ4n) is 1.98. The van der Waals surface area contributed by atoms with Gasteiger partial charge in [0.15, 0.2) is 0 Å². The highest BCUT2D eigenvalue weighted by Gasteiger charge is 2.11. The molecule has 0 fully saturated rings. The maximum absolute atomic E-state index is 11.3. The number of amides is 1. The summed E-state index contributed by atoms with van der Waals surface area (Å²) < 4.78 is 22.6. The molecule has 0 bridgehead atoms. The van der Waals surface area contributed by atoms with E-state index in [-0.39, 0.29) is 10.5 Å². The van der Waals surface area contributed by atoms with Gasteiger partial charge in [0.05, 0.1) is 16.1 Å². The highest BCUT2D eigenvalue weighted by atomic mass is 32.2. The Hall–Kier alpha value is -2.89. The molecule has 0 aromatic heterocycles. The molecule has 0 unspecified atom stereocenters. The van der Waals surface area contributed by atoms with Crippen molar-refractivity contribution in [1.82, 2.24) is 0 Å². The van der Waals surface area contributed by atoms with Crippen LogP contribution >= 0.6 is 0 Å². The van der Waals surface area contributed by atoms with Gasteiger partial charge in [-0.3, -0.25) is 4.79 Å². The van der Waals surface area contributed by atoms with E-state index in [1.165, 1.54) is 18.2 Å². The molecule has 0 atom stereocenters. The van der Waals surface area contributed by atoms with Crippen LogP contribution in [-0.4, -0.2) is 14.3 Å². The molecule has 118 valence electrons. The predicted molar refractivity (Wildman–Crippen MR) is 84.8 cm³/mol. The number of hydrogen-bond donors (Lipinski definition) is 3. The van der Waals surface area contributed by atoms with Crippen LogP contribution in [0.1, 0.15) is 21.5 Å². The van der Waals surface area contributed by atoms with E-state index in [2.05, 4.69) is 5.32 Å². The SMILES string of the molecule is N#Cc1cc(S(N)(=O)=O)ccc1NCc1cccc(C(N)=O)c1. The predicted octanol–water partition coefficient (Wildman–Crippen LogP) is 0.917. The number of primary sulfonamides is 1. The van der Waals surface area contributed by atoms with Crippen LogP contribution in [0, 0.1) is 11.3 Å². The van der Waals surface area contributed by atoms with Crippen molar-refractivity contribution in [2.45, 2.75) is 11.4 Å². The van der Waals surface area contributed by atoms with Crippen molar-refractivity contribution in [2.24, 2.45) is 10.9 Å². The molecule has 5 N–H and O–H groups in total. The first-order chi connectivity index (χ1) is 10.8. The minimum Gasteiger partial charge on any atom is -0.380 e. The Kier molecular flexibility index (Phi) is 4.64. The second-order valence-electron chi connectivity index (χ2n) is 4.78. The number of nitrogens with zero attached hydrogens (tertiary/aromatic N) is 1. The van der Waals surface area contributed by atoms with E-state index in [9.17, 15) is 13.2 Å². The van der Waals surface area contributed by atoms with Crippen LogP contribution in [0.5, 0.6) is 0 Å². The number of anilines is 1. The first-order valence-corrected chi connectivity index (χ1v) is 8.05. The Morgan fingerprint density at radius 3 is 2.57 bits per heavy atom. The Bertz CT molecular complexity index is 901. The van der Waals surface area contributed by atoms with Crippen molar-refractivity contribution in [3.05, 3.63) is 59.2 Å². The average Bonchev–Trinajstić information content (AvgIpc) is 2.52. The van der Waals surface area contributed by atoms with Gasteiger partial charge in [0.1, 0.15) is 6.07 Å². The molecule has 0 saturated heterocycles. The van der Waals surface area contributed by atoms with Crippen LogP contribution in [0.3, 0.4) is 0 Å². The van der Waals surface area contributed by atoms with E-state index < -0.39 is 15.9 Å². The van der Waals surface area contributed by atoms with Gasteiger partial charge in [-0.1, -0.05) is 12.1 Å². The second-order valence-corrected chi connectivity index (χ2v) is 6.34. The van der Waals surface area contributed by atoms with Gasteiger partial charge in [0.2, 0.25) is 15.9 Å². The zero-order valence-electron chi connectivity index (χ0n) is 12.0. The highest BCUT2D eigenvalue weighted by molar-refractivity contribution is 7.89. The number of nitrogens with one attached hydrogen (secondary N) is 1. The van der Waals surface area contributed by atoms with Crippen LogP contribution in [0.2, 0.25) is 0 Å². The lowest BCUT2D eigenvalue weighted by atomic mass is 10.1. The molecule has 0 aliphatic carbocycles. The minimum absolute atomic E-state index is 0.129. The summed E-state index contributed by atoms with van der Waals surface area (Å²) >= 11 is 0. The normalized spacial score (nSPS) is 10.8. The first-order valence-electron chi connectivity index (χ1n) is 6.51. The largest absolute Gasteiger partial charge is 0.380 e. The molecule has 0 heterocycles. The fraction of sp³-hybridized carbons (Fsp3) is 0.0667. The smallest absolute Gasteiger partial charge is 0.248 e. The molecule has 0 aliphatic heterocycles. The number of carbonyl (C=O) groups is 1. The Morgan fingerprint density at radius 2 is 1.96 bits per heavy atom. The molecule has 0 radical (unpaired) electrons. The van der Waals surface area contributed by atoms with E-state index in [0.29, 0.717) is 17.8 Å². The maximum atomic E-state index is 11.3. The van der Waals surface area contributed by atoms with Crippen LogP contribution in [0.15, 0.2) is 47.4 Å². The standard InChI is InChI=1S/C15H14N4O3S/c16-8-12-7-13(23(18,21)22)4-5-14(12)19-9-10-2-1-3-11(6-10)15(17)20/h1-7,19H,9H2,(H2,17,20)(H2,18,21,22). The molecule has 2 rings (SSSR count). The van der Waals surface area contributed by atoms with Crippen molar-refractivity contribution < 1.29 is 13.2 Å². The van der Waals surface area contributed by atoms with Crippen molar-refractivity contribution in [2.75, 3.05) is 5.32 Å². The number of carbonyl (C=O) groups excluding carboxylic acids is 1. The third kappa shape index (κ3) is 4.06. The zero-order chi connectivity index (χ0) is 17.0. The highest BCUT2D eigenvalue weighted by Crippen LogP contribution is 2.20. The third-order valence-electron chi connectivity index (χ3n) is 3.13. The summed E-state index contributed by atoms with van der Waals surface area (Å²) in [6.45, 7) is 0.338. The van der Waals surface area contributed by atoms with E-state index in [0.717, 1.165) is 5.56 Å². The lowest BCUT2D eigenvalue weighted by molar-refractivity contribution is 0.1000. The summed E-state index contributed by atoms with van der Waals surface area (Å²) in [6.07, 6.45) is 0. The van der Waals surface area contributed by atoms with Crippen LogP contribution < -0.4 is 16.2 Å². The number of nitriles is 1. The number of primary amides is 1. The lowest BCUT2D eigenvalue weighted by Crippen LogP contribution is -2.13. The molecule has 2 aromatic carbocycles. The fourth-order valence-corrected chi connectivity index (χ4v) is 2.52. The topological polar surface area (TPSA) is 139 Å².